The highest BCUT2D eigenvalue weighted by atomic mass is 16.5. The molecule has 1 aliphatic rings. The summed E-state index contributed by atoms with van der Waals surface area (Å²) in [6, 6.07) is 16.4. The van der Waals surface area contributed by atoms with Crippen molar-refractivity contribution < 1.29 is 9.53 Å². The zero-order chi connectivity index (χ0) is 19.4. The Morgan fingerprint density at radius 2 is 1.59 bits per heavy atom. The van der Waals surface area contributed by atoms with Gasteiger partial charge in [-0.25, -0.2) is 0 Å². The van der Waals surface area contributed by atoms with E-state index in [1.165, 1.54) is 16.8 Å². The number of para-hydroxylation sites is 1. The van der Waals surface area contributed by atoms with Gasteiger partial charge in [-0.05, 0) is 36.1 Å². The van der Waals surface area contributed by atoms with Crippen LogP contribution in [0.2, 0.25) is 0 Å². The summed E-state index contributed by atoms with van der Waals surface area (Å²) in [6.07, 6.45) is 0. The molecule has 4 heteroatoms. The molecule has 0 spiro atoms. The molecule has 1 fully saturated rings. The Kier molecular flexibility index (Phi) is 5.73. The molecule has 0 aliphatic carbocycles. The van der Waals surface area contributed by atoms with E-state index < -0.39 is 0 Å². The molecule has 27 heavy (non-hydrogen) atoms. The number of hydrogen-bond acceptors (Lipinski definition) is 3. The molecule has 1 amide bonds. The minimum atomic E-state index is 0.0549. The maximum absolute atomic E-state index is 12.5. The van der Waals surface area contributed by atoms with Crippen molar-refractivity contribution in [3.63, 3.8) is 0 Å². The van der Waals surface area contributed by atoms with Crippen molar-refractivity contribution in [1.82, 2.24) is 4.90 Å². The lowest BCUT2D eigenvalue weighted by molar-refractivity contribution is -0.133. The van der Waals surface area contributed by atoms with Crippen LogP contribution in [0.1, 0.15) is 31.9 Å². The van der Waals surface area contributed by atoms with Gasteiger partial charge in [-0.15, -0.1) is 0 Å². The summed E-state index contributed by atoms with van der Waals surface area (Å²) in [5.74, 6) is 0.797. The lowest BCUT2D eigenvalue weighted by Crippen LogP contribution is -2.50. The van der Waals surface area contributed by atoms with Crippen LogP contribution in [-0.2, 0) is 10.2 Å². The van der Waals surface area contributed by atoms with Crippen LogP contribution in [0.3, 0.4) is 0 Å². The Morgan fingerprint density at radius 3 is 2.22 bits per heavy atom. The van der Waals surface area contributed by atoms with E-state index in [0.29, 0.717) is 0 Å². The minimum Gasteiger partial charge on any atom is -0.484 e. The van der Waals surface area contributed by atoms with Gasteiger partial charge in [0.2, 0.25) is 0 Å². The van der Waals surface area contributed by atoms with E-state index in [2.05, 4.69) is 49.9 Å². The molecule has 0 unspecified atom stereocenters. The van der Waals surface area contributed by atoms with Crippen LogP contribution in [0, 0.1) is 6.92 Å². The fraction of sp³-hybridized carbons (Fsp3) is 0.435. The number of anilines is 1. The number of carbonyl (C=O) groups is 1. The van der Waals surface area contributed by atoms with Gasteiger partial charge in [-0.2, -0.15) is 0 Å². The number of benzene rings is 2. The van der Waals surface area contributed by atoms with Crippen LogP contribution in [0.15, 0.2) is 48.5 Å². The van der Waals surface area contributed by atoms with Crippen LogP contribution in [0.25, 0.3) is 0 Å². The molecule has 2 aromatic rings. The van der Waals surface area contributed by atoms with Crippen molar-refractivity contribution in [2.75, 3.05) is 37.7 Å². The SMILES string of the molecule is Cc1ccc(OCC(=O)N2CCN(c3ccccc3C(C)(C)C)CC2)cc1. The topological polar surface area (TPSA) is 32.8 Å². The number of piperazine rings is 1. The van der Waals surface area contributed by atoms with Crippen LogP contribution in [-0.4, -0.2) is 43.6 Å². The highest BCUT2D eigenvalue weighted by Crippen LogP contribution is 2.32. The molecular weight excluding hydrogens is 336 g/mol. The molecule has 1 aliphatic heterocycles. The fourth-order valence-electron chi connectivity index (χ4n) is 3.45. The van der Waals surface area contributed by atoms with E-state index in [9.17, 15) is 4.79 Å². The molecule has 0 aromatic heterocycles. The first-order chi connectivity index (χ1) is 12.8. The van der Waals surface area contributed by atoms with Crippen molar-refractivity contribution in [2.45, 2.75) is 33.1 Å². The van der Waals surface area contributed by atoms with Crippen LogP contribution < -0.4 is 9.64 Å². The number of amides is 1. The Morgan fingerprint density at radius 1 is 0.963 bits per heavy atom. The molecule has 144 valence electrons. The summed E-state index contributed by atoms with van der Waals surface area (Å²) in [4.78, 5) is 16.8. The molecule has 1 heterocycles. The smallest absolute Gasteiger partial charge is 0.260 e. The number of rotatable bonds is 4. The second-order valence-electron chi connectivity index (χ2n) is 8.24. The first kappa shape index (κ1) is 19.3. The monoisotopic (exact) mass is 366 g/mol. The Bertz CT molecular complexity index is 770. The zero-order valence-corrected chi connectivity index (χ0v) is 16.9. The zero-order valence-electron chi connectivity index (χ0n) is 16.9. The summed E-state index contributed by atoms with van der Waals surface area (Å²) < 4.78 is 5.65. The van der Waals surface area contributed by atoms with Gasteiger partial charge < -0.3 is 14.5 Å². The quantitative estimate of drug-likeness (QED) is 0.819. The summed E-state index contributed by atoms with van der Waals surface area (Å²) in [6.45, 7) is 12.0. The number of aryl methyl sites for hydroxylation is 1. The normalized spacial score (nSPS) is 15.0. The predicted molar refractivity (Wildman–Crippen MR) is 111 cm³/mol. The molecule has 3 rings (SSSR count). The number of nitrogens with zero attached hydrogens (tertiary/aromatic N) is 2. The second-order valence-corrected chi connectivity index (χ2v) is 8.24. The highest BCUT2D eigenvalue weighted by molar-refractivity contribution is 5.78. The van der Waals surface area contributed by atoms with E-state index in [4.69, 9.17) is 4.74 Å². The van der Waals surface area contributed by atoms with Gasteiger partial charge in [0.05, 0.1) is 0 Å². The highest BCUT2D eigenvalue weighted by Gasteiger charge is 2.25. The minimum absolute atomic E-state index is 0.0549. The third kappa shape index (κ3) is 4.82. The maximum atomic E-state index is 12.5. The molecule has 0 N–H and O–H groups in total. The third-order valence-corrected chi connectivity index (χ3v) is 5.07. The molecule has 0 atom stereocenters. The molecule has 0 bridgehead atoms. The van der Waals surface area contributed by atoms with Crippen molar-refractivity contribution in [1.29, 1.82) is 0 Å². The fourth-order valence-corrected chi connectivity index (χ4v) is 3.45. The lowest BCUT2D eigenvalue weighted by atomic mass is 9.85. The molecule has 1 saturated heterocycles. The molecular formula is C23H30N2O2. The number of ether oxygens (including phenoxy) is 1. The first-order valence-electron chi connectivity index (χ1n) is 9.66. The van der Waals surface area contributed by atoms with E-state index in [1.807, 2.05) is 36.1 Å². The van der Waals surface area contributed by atoms with Gasteiger partial charge in [0, 0.05) is 31.9 Å². The average molecular weight is 367 g/mol. The van der Waals surface area contributed by atoms with E-state index in [1.54, 1.807) is 0 Å². The summed E-state index contributed by atoms with van der Waals surface area (Å²) >= 11 is 0. The van der Waals surface area contributed by atoms with Crippen LogP contribution >= 0.6 is 0 Å². The second kappa shape index (κ2) is 8.03. The van der Waals surface area contributed by atoms with Crippen LogP contribution in [0.4, 0.5) is 5.69 Å². The van der Waals surface area contributed by atoms with Gasteiger partial charge in [0.1, 0.15) is 5.75 Å². The van der Waals surface area contributed by atoms with E-state index in [0.717, 1.165) is 31.9 Å². The first-order valence-corrected chi connectivity index (χ1v) is 9.66. The van der Waals surface area contributed by atoms with E-state index >= 15 is 0 Å². The number of carbonyl (C=O) groups excluding carboxylic acids is 1. The third-order valence-electron chi connectivity index (χ3n) is 5.07. The Hall–Kier alpha value is -2.49. The molecule has 0 radical (unpaired) electrons. The predicted octanol–water partition coefficient (Wildman–Crippen LogP) is 4.02. The van der Waals surface area contributed by atoms with Crippen molar-refractivity contribution in [3.05, 3.63) is 59.7 Å². The Labute approximate surface area is 162 Å². The van der Waals surface area contributed by atoms with Gasteiger partial charge in [0.25, 0.3) is 5.91 Å². The van der Waals surface area contributed by atoms with Gasteiger partial charge in [0.15, 0.2) is 6.61 Å². The molecule has 4 nitrogen and oxygen atoms in total. The summed E-state index contributed by atoms with van der Waals surface area (Å²) in [5.41, 5.74) is 3.92. The molecule has 2 aromatic carbocycles. The van der Waals surface area contributed by atoms with Crippen molar-refractivity contribution in [2.24, 2.45) is 0 Å². The number of hydrogen-bond donors (Lipinski definition) is 0. The van der Waals surface area contributed by atoms with Crippen molar-refractivity contribution in [3.8, 4) is 5.75 Å². The van der Waals surface area contributed by atoms with Gasteiger partial charge >= 0.3 is 0 Å². The summed E-state index contributed by atoms with van der Waals surface area (Å²) in [7, 11) is 0. The maximum Gasteiger partial charge on any atom is 0.260 e. The van der Waals surface area contributed by atoms with Gasteiger partial charge in [-0.1, -0.05) is 56.7 Å². The summed E-state index contributed by atoms with van der Waals surface area (Å²) in [5, 5.41) is 0. The standard InChI is InChI=1S/C23H30N2O2/c1-18-9-11-19(12-10-18)27-17-22(26)25-15-13-24(14-16-25)21-8-6-5-7-20(21)23(2,3)4/h5-12H,13-17H2,1-4H3. The largest absolute Gasteiger partial charge is 0.484 e. The van der Waals surface area contributed by atoms with E-state index in [-0.39, 0.29) is 17.9 Å². The molecule has 0 saturated carbocycles. The Balaban J connectivity index is 1.56. The lowest BCUT2D eigenvalue weighted by Gasteiger charge is -2.38. The van der Waals surface area contributed by atoms with Gasteiger partial charge in [-0.3, -0.25) is 4.79 Å². The van der Waals surface area contributed by atoms with Crippen LogP contribution in [0.5, 0.6) is 5.75 Å². The average Bonchev–Trinajstić information content (AvgIpc) is 2.67. The van der Waals surface area contributed by atoms with Crippen molar-refractivity contribution >= 4 is 11.6 Å².